The topological polar surface area (TPSA) is 22.1 Å². The number of rotatable bonds is 4. The van der Waals surface area contributed by atoms with Gasteiger partial charge in [0.15, 0.2) is 0 Å². The van der Waals surface area contributed by atoms with E-state index in [0.29, 0.717) is 6.61 Å². The SMILES string of the molecule is CC.CCOCc1ccc(CC)cn1. The number of nitrogens with zero attached hydrogens (tertiary/aromatic N) is 1. The fourth-order valence-corrected chi connectivity index (χ4v) is 0.956. The lowest BCUT2D eigenvalue weighted by Crippen LogP contribution is -1.95. The summed E-state index contributed by atoms with van der Waals surface area (Å²) in [5.74, 6) is 0. The van der Waals surface area contributed by atoms with Crippen LogP contribution in [0.4, 0.5) is 0 Å². The average Bonchev–Trinajstić information content (AvgIpc) is 2.30. The number of pyridine rings is 1. The van der Waals surface area contributed by atoms with E-state index >= 15 is 0 Å². The van der Waals surface area contributed by atoms with Gasteiger partial charge >= 0.3 is 0 Å². The average molecular weight is 195 g/mol. The maximum absolute atomic E-state index is 5.23. The molecule has 0 atom stereocenters. The highest BCUT2D eigenvalue weighted by molar-refractivity contribution is 5.13. The molecule has 0 saturated carbocycles. The van der Waals surface area contributed by atoms with Crippen LogP contribution in [0.5, 0.6) is 0 Å². The zero-order valence-corrected chi connectivity index (χ0v) is 9.71. The van der Waals surface area contributed by atoms with E-state index in [2.05, 4.69) is 18.0 Å². The Hall–Kier alpha value is -0.890. The summed E-state index contributed by atoms with van der Waals surface area (Å²) >= 11 is 0. The smallest absolute Gasteiger partial charge is 0.0887 e. The van der Waals surface area contributed by atoms with Crippen LogP contribution in [0.25, 0.3) is 0 Å². The summed E-state index contributed by atoms with van der Waals surface area (Å²) in [7, 11) is 0. The molecule has 0 unspecified atom stereocenters. The Morgan fingerprint density at radius 3 is 2.36 bits per heavy atom. The molecule has 0 N–H and O–H groups in total. The lowest BCUT2D eigenvalue weighted by molar-refractivity contribution is 0.131. The number of hydrogen-bond donors (Lipinski definition) is 0. The molecule has 1 rings (SSSR count). The third-order valence-electron chi connectivity index (χ3n) is 1.75. The first-order valence-electron chi connectivity index (χ1n) is 5.38. The molecule has 0 radical (unpaired) electrons. The summed E-state index contributed by atoms with van der Waals surface area (Å²) in [6.07, 6.45) is 2.95. The van der Waals surface area contributed by atoms with Crippen molar-refractivity contribution >= 4 is 0 Å². The van der Waals surface area contributed by atoms with Gasteiger partial charge in [-0.1, -0.05) is 26.8 Å². The van der Waals surface area contributed by atoms with Crippen molar-refractivity contribution in [3.63, 3.8) is 0 Å². The van der Waals surface area contributed by atoms with E-state index in [1.165, 1.54) is 5.56 Å². The summed E-state index contributed by atoms with van der Waals surface area (Å²) < 4.78 is 5.23. The molecule has 0 aromatic carbocycles. The van der Waals surface area contributed by atoms with Crippen LogP contribution in [-0.2, 0) is 17.8 Å². The van der Waals surface area contributed by atoms with Gasteiger partial charge in [-0.15, -0.1) is 0 Å². The predicted molar refractivity (Wildman–Crippen MR) is 60.3 cm³/mol. The largest absolute Gasteiger partial charge is 0.375 e. The second-order valence-corrected chi connectivity index (χ2v) is 2.65. The Morgan fingerprint density at radius 1 is 1.21 bits per heavy atom. The number of ether oxygens (including phenoxy) is 1. The highest BCUT2D eigenvalue weighted by Crippen LogP contribution is 2.01. The molecule has 1 aromatic rings. The number of hydrogen-bond acceptors (Lipinski definition) is 2. The Kier molecular flexibility index (Phi) is 8.14. The van der Waals surface area contributed by atoms with Gasteiger partial charge in [0.1, 0.15) is 0 Å². The number of aryl methyl sites for hydroxylation is 1. The maximum Gasteiger partial charge on any atom is 0.0887 e. The Morgan fingerprint density at radius 2 is 1.93 bits per heavy atom. The van der Waals surface area contributed by atoms with Crippen LogP contribution in [0, 0.1) is 0 Å². The summed E-state index contributed by atoms with van der Waals surface area (Å²) in [6.45, 7) is 9.48. The molecule has 14 heavy (non-hydrogen) atoms. The molecule has 0 aliphatic carbocycles. The van der Waals surface area contributed by atoms with Crippen LogP contribution in [0.15, 0.2) is 18.3 Å². The van der Waals surface area contributed by atoms with Crippen molar-refractivity contribution in [3.05, 3.63) is 29.6 Å². The molecule has 2 heteroatoms. The third-order valence-corrected chi connectivity index (χ3v) is 1.75. The molecule has 0 saturated heterocycles. The van der Waals surface area contributed by atoms with Crippen molar-refractivity contribution < 1.29 is 4.74 Å². The zero-order chi connectivity index (χ0) is 10.8. The Balaban J connectivity index is 0.000000791. The van der Waals surface area contributed by atoms with Gasteiger partial charge in [0, 0.05) is 12.8 Å². The lowest BCUT2D eigenvalue weighted by atomic mass is 10.2. The maximum atomic E-state index is 5.23. The Bertz CT molecular complexity index is 218. The highest BCUT2D eigenvalue weighted by atomic mass is 16.5. The molecule has 0 bridgehead atoms. The van der Waals surface area contributed by atoms with Gasteiger partial charge in [0.2, 0.25) is 0 Å². The van der Waals surface area contributed by atoms with Crippen LogP contribution < -0.4 is 0 Å². The van der Waals surface area contributed by atoms with E-state index in [0.717, 1.165) is 18.7 Å². The van der Waals surface area contributed by atoms with E-state index in [1.54, 1.807) is 0 Å². The summed E-state index contributed by atoms with van der Waals surface area (Å²) in [6, 6.07) is 4.12. The van der Waals surface area contributed by atoms with Gasteiger partial charge in [0.05, 0.1) is 12.3 Å². The molecule has 1 heterocycles. The predicted octanol–water partition coefficient (Wildman–Crippen LogP) is 3.21. The fourth-order valence-electron chi connectivity index (χ4n) is 0.956. The van der Waals surface area contributed by atoms with E-state index < -0.39 is 0 Å². The van der Waals surface area contributed by atoms with Crippen LogP contribution in [0.1, 0.15) is 39.0 Å². The Labute approximate surface area is 87.3 Å². The van der Waals surface area contributed by atoms with Crippen molar-refractivity contribution in [2.45, 2.75) is 40.7 Å². The first-order valence-corrected chi connectivity index (χ1v) is 5.38. The fraction of sp³-hybridized carbons (Fsp3) is 0.583. The monoisotopic (exact) mass is 195 g/mol. The molecule has 2 nitrogen and oxygen atoms in total. The van der Waals surface area contributed by atoms with Crippen LogP contribution in [0.3, 0.4) is 0 Å². The van der Waals surface area contributed by atoms with Crippen molar-refractivity contribution in [2.24, 2.45) is 0 Å². The molecule has 80 valence electrons. The minimum absolute atomic E-state index is 0.625. The first-order chi connectivity index (χ1) is 6.86. The molecule has 1 aromatic heterocycles. The van der Waals surface area contributed by atoms with E-state index in [1.807, 2.05) is 33.0 Å². The van der Waals surface area contributed by atoms with Crippen LogP contribution in [0.2, 0.25) is 0 Å². The first kappa shape index (κ1) is 13.1. The molecule has 0 spiro atoms. The van der Waals surface area contributed by atoms with E-state index in [-0.39, 0.29) is 0 Å². The van der Waals surface area contributed by atoms with Gasteiger partial charge < -0.3 is 4.74 Å². The van der Waals surface area contributed by atoms with Gasteiger partial charge in [-0.2, -0.15) is 0 Å². The minimum Gasteiger partial charge on any atom is -0.375 e. The zero-order valence-electron chi connectivity index (χ0n) is 9.71. The summed E-state index contributed by atoms with van der Waals surface area (Å²) in [5.41, 5.74) is 2.28. The molecule has 0 amide bonds. The quantitative estimate of drug-likeness (QED) is 0.736. The number of aromatic nitrogens is 1. The molecular formula is C12H21NO. The molecule has 0 aliphatic rings. The van der Waals surface area contributed by atoms with Gasteiger partial charge in [-0.25, -0.2) is 0 Å². The second-order valence-electron chi connectivity index (χ2n) is 2.65. The normalized spacial score (nSPS) is 9.14. The van der Waals surface area contributed by atoms with Crippen molar-refractivity contribution in [1.82, 2.24) is 4.98 Å². The highest BCUT2D eigenvalue weighted by Gasteiger charge is 1.93. The van der Waals surface area contributed by atoms with E-state index in [9.17, 15) is 0 Å². The lowest BCUT2D eigenvalue weighted by Gasteiger charge is -2.01. The van der Waals surface area contributed by atoms with Crippen molar-refractivity contribution in [1.29, 1.82) is 0 Å². The standard InChI is InChI=1S/C10H15NO.C2H6/c1-3-9-5-6-10(11-7-9)8-12-4-2;1-2/h5-7H,3-4,8H2,1-2H3;1-2H3. The van der Waals surface area contributed by atoms with E-state index in [4.69, 9.17) is 4.74 Å². The third kappa shape index (κ3) is 4.97. The molecule has 0 fully saturated rings. The van der Waals surface area contributed by atoms with Crippen LogP contribution >= 0.6 is 0 Å². The van der Waals surface area contributed by atoms with Gasteiger partial charge in [0.25, 0.3) is 0 Å². The minimum atomic E-state index is 0.625. The molecular weight excluding hydrogens is 174 g/mol. The summed E-state index contributed by atoms with van der Waals surface area (Å²) in [4.78, 5) is 4.26. The second kappa shape index (κ2) is 8.70. The van der Waals surface area contributed by atoms with Crippen molar-refractivity contribution in [2.75, 3.05) is 6.61 Å². The van der Waals surface area contributed by atoms with Crippen LogP contribution in [-0.4, -0.2) is 11.6 Å². The molecule has 0 aliphatic heterocycles. The summed E-state index contributed by atoms with van der Waals surface area (Å²) in [5, 5.41) is 0. The van der Waals surface area contributed by atoms with Gasteiger partial charge in [-0.05, 0) is 25.0 Å². The van der Waals surface area contributed by atoms with Gasteiger partial charge in [-0.3, -0.25) is 4.98 Å². The van der Waals surface area contributed by atoms with Crippen molar-refractivity contribution in [3.8, 4) is 0 Å².